The molecule has 104 valence electrons. The third kappa shape index (κ3) is 3.31. The van der Waals surface area contributed by atoms with E-state index >= 15 is 0 Å². The van der Waals surface area contributed by atoms with E-state index in [0.29, 0.717) is 10.8 Å². The highest BCUT2D eigenvalue weighted by Crippen LogP contribution is 2.21. The fraction of sp³-hybridized carbons (Fsp3) is 0.0769. The fourth-order valence-electron chi connectivity index (χ4n) is 1.52. The summed E-state index contributed by atoms with van der Waals surface area (Å²) in [6.45, 7) is 0.0606. The molecule has 7 heteroatoms. The van der Waals surface area contributed by atoms with Crippen molar-refractivity contribution in [2.75, 3.05) is 0 Å². The Morgan fingerprint density at radius 2 is 1.95 bits per heavy atom. The zero-order chi connectivity index (χ0) is 14.7. The summed E-state index contributed by atoms with van der Waals surface area (Å²) < 4.78 is 5.01. The molecule has 1 amide bonds. The molecular weight excluding hydrogens is 305 g/mol. The molecule has 1 heterocycles. The average molecular weight is 314 g/mol. The van der Waals surface area contributed by atoms with Crippen molar-refractivity contribution >= 4 is 35.1 Å². The van der Waals surface area contributed by atoms with Crippen LogP contribution < -0.4 is 5.32 Å². The van der Waals surface area contributed by atoms with Crippen molar-refractivity contribution in [1.82, 2.24) is 5.32 Å². The first-order valence-corrected chi connectivity index (χ1v) is 6.28. The lowest BCUT2D eigenvalue weighted by atomic mass is 10.2. The van der Waals surface area contributed by atoms with Crippen LogP contribution >= 0.6 is 23.2 Å². The van der Waals surface area contributed by atoms with Gasteiger partial charge in [-0.3, -0.25) is 4.79 Å². The number of carbonyl (C=O) groups is 2. The molecule has 1 aromatic carbocycles. The van der Waals surface area contributed by atoms with Crippen LogP contribution in [-0.4, -0.2) is 17.0 Å². The molecule has 0 radical (unpaired) electrons. The number of hydrogen-bond donors (Lipinski definition) is 2. The molecule has 0 aliphatic heterocycles. The molecular formula is C13H9Cl2NO4. The molecule has 0 aliphatic carbocycles. The molecule has 0 saturated carbocycles. The van der Waals surface area contributed by atoms with E-state index in [0.717, 1.165) is 0 Å². The lowest BCUT2D eigenvalue weighted by Gasteiger charge is -2.05. The summed E-state index contributed by atoms with van der Waals surface area (Å²) in [5, 5.41) is 12.0. The molecule has 0 fully saturated rings. The van der Waals surface area contributed by atoms with E-state index in [-0.39, 0.29) is 22.9 Å². The number of benzene rings is 1. The zero-order valence-electron chi connectivity index (χ0n) is 10.0. The Kier molecular flexibility index (Phi) is 4.32. The molecule has 0 saturated heterocycles. The second kappa shape index (κ2) is 5.98. The van der Waals surface area contributed by atoms with E-state index in [9.17, 15) is 9.59 Å². The fourth-order valence-corrected chi connectivity index (χ4v) is 2.02. The van der Waals surface area contributed by atoms with Crippen molar-refractivity contribution in [3.05, 3.63) is 57.5 Å². The lowest BCUT2D eigenvalue weighted by molar-refractivity contribution is 0.0660. The quantitative estimate of drug-likeness (QED) is 0.908. The van der Waals surface area contributed by atoms with E-state index in [1.54, 1.807) is 6.07 Å². The zero-order valence-corrected chi connectivity index (χ0v) is 11.5. The van der Waals surface area contributed by atoms with Crippen LogP contribution in [0.3, 0.4) is 0 Å². The van der Waals surface area contributed by atoms with Crippen LogP contribution in [0.15, 0.2) is 34.7 Å². The summed E-state index contributed by atoms with van der Waals surface area (Å²) >= 11 is 11.6. The standard InChI is InChI=1S/C13H9Cl2NO4/c14-7-1-3-9(10(15)5-7)12(17)16-6-8-2-4-11(20-8)13(18)19/h1-5H,6H2,(H,16,17)(H,18,19). The van der Waals surface area contributed by atoms with Crippen LogP contribution in [0.5, 0.6) is 0 Å². The minimum Gasteiger partial charge on any atom is -0.475 e. The molecule has 0 unspecified atom stereocenters. The molecule has 1 aromatic heterocycles. The number of amides is 1. The van der Waals surface area contributed by atoms with Gasteiger partial charge in [0.05, 0.1) is 17.1 Å². The first kappa shape index (κ1) is 14.4. The Bertz CT molecular complexity index is 666. The number of carboxylic acid groups (broad SMARTS) is 1. The maximum atomic E-state index is 11.9. The topological polar surface area (TPSA) is 79.5 Å². The predicted molar refractivity (Wildman–Crippen MR) is 73.3 cm³/mol. The van der Waals surface area contributed by atoms with Gasteiger partial charge in [-0.05, 0) is 30.3 Å². The SMILES string of the molecule is O=C(O)c1ccc(CNC(=O)c2ccc(Cl)cc2Cl)o1. The number of aromatic carboxylic acids is 1. The molecule has 0 bridgehead atoms. The third-order valence-electron chi connectivity index (χ3n) is 2.47. The summed E-state index contributed by atoms with van der Waals surface area (Å²) in [7, 11) is 0. The van der Waals surface area contributed by atoms with Gasteiger partial charge in [0.25, 0.3) is 5.91 Å². The molecule has 0 spiro atoms. The Hall–Kier alpha value is -1.98. The van der Waals surface area contributed by atoms with E-state index in [2.05, 4.69) is 5.32 Å². The van der Waals surface area contributed by atoms with Gasteiger partial charge in [-0.15, -0.1) is 0 Å². The third-order valence-corrected chi connectivity index (χ3v) is 3.02. The van der Waals surface area contributed by atoms with Gasteiger partial charge in [-0.2, -0.15) is 0 Å². The van der Waals surface area contributed by atoms with Gasteiger partial charge in [0.1, 0.15) is 5.76 Å². The van der Waals surface area contributed by atoms with Gasteiger partial charge in [0.15, 0.2) is 0 Å². The summed E-state index contributed by atoms with van der Waals surface area (Å²) in [5.74, 6) is -1.41. The Morgan fingerprint density at radius 3 is 2.55 bits per heavy atom. The van der Waals surface area contributed by atoms with Crippen molar-refractivity contribution in [2.24, 2.45) is 0 Å². The van der Waals surface area contributed by atoms with Crippen molar-refractivity contribution in [1.29, 1.82) is 0 Å². The van der Waals surface area contributed by atoms with Crippen molar-refractivity contribution < 1.29 is 19.1 Å². The number of carbonyl (C=O) groups excluding carboxylic acids is 1. The number of carboxylic acids is 1. The monoisotopic (exact) mass is 313 g/mol. The molecule has 2 N–H and O–H groups in total. The van der Waals surface area contributed by atoms with Crippen molar-refractivity contribution in [3.63, 3.8) is 0 Å². The van der Waals surface area contributed by atoms with E-state index < -0.39 is 11.9 Å². The van der Waals surface area contributed by atoms with Gasteiger partial charge in [-0.1, -0.05) is 23.2 Å². The van der Waals surface area contributed by atoms with E-state index in [1.807, 2.05) is 0 Å². The van der Waals surface area contributed by atoms with Crippen LogP contribution in [0.2, 0.25) is 10.0 Å². The highest BCUT2D eigenvalue weighted by Gasteiger charge is 2.13. The Labute approximate surface area is 124 Å². The molecule has 2 aromatic rings. The molecule has 5 nitrogen and oxygen atoms in total. The first-order chi connectivity index (χ1) is 9.47. The average Bonchev–Trinajstić information content (AvgIpc) is 2.85. The maximum Gasteiger partial charge on any atom is 0.371 e. The first-order valence-electron chi connectivity index (χ1n) is 5.52. The van der Waals surface area contributed by atoms with Crippen molar-refractivity contribution in [3.8, 4) is 0 Å². The number of nitrogens with one attached hydrogen (secondary N) is 1. The molecule has 0 aliphatic rings. The largest absolute Gasteiger partial charge is 0.475 e. The number of furan rings is 1. The van der Waals surface area contributed by atoms with Gasteiger partial charge >= 0.3 is 5.97 Å². The number of halogens is 2. The normalized spacial score (nSPS) is 10.3. The Balaban J connectivity index is 2.02. The van der Waals surface area contributed by atoms with Gasteiger partial charge in [0, 0.05) is 5.02 Å². The van der Waals surface area contributed by atoms with Crippen LogP contribution in [0.1, 0.15) is 26.7 Å². The van der Waals surface area contributed by atoms with Gasteiger partial charge in [-0.25, -0.2) is 4.79 Å². The summed E-state index contributed by atoms with van der Waals surface area (Å²) in [6.07, 6.45) is 0. The van der Waals surface area contributed by atoms with Crippen LogP contribution in [0.4, 0.5) is 0 Å². The Morgan fingerprint density at radius 1 is 1.20 bits per heavy atom. The van der Waals surface area contributed by atoms with Gasteiger partial charge < -0.3 is 14.8 Å². The number of hydrogen-bond acceptors (Lipinski definition) is 3. The highest BCUT2D eigenvalue weighted by atomic mass is 35.5. The second-order valence-corrected chi connectivity index (χ2v) is 4.72. The number of rotatable bonds is 4. The smallest absolute Gasteiger partial charge is 0.371 e. The van der Waals surface area contributed by atoms with E-state index in [4.69, 9.17) is 32.7 Å². The summed E-state index contributed by atoms with van der Waals surface area (Å²) in [4.78, 5) is 22.5. The summed E-state index contributed by atoms with van der Waals surface area (Å²) in [6, 6.07) is 7.32. The molecule has 2 rings (SSSR count). The van der Waals surface area contributed by atoms with Gasteiger partial charge in [0.2, 0.25) is 5.76 Å². The predicted octanol–water partition coefficient (Wildman–Crippen LogP) is 3.21. The van der Waals surface area contributed by atoms with Crippen LogP contribution in [0, 0.1) is 0 Å². The van der Waals surface area contributed by atoms with Crippen LogP contribution in [-0.2, 0) is 6.54 Å². The second-order valence-electron chi connectivity index (χ2n) is 3.88. The minimum atomic E-state index is -1.16. The highest BCUT2D eigenvalue weighted by molar-refractivity contribution is 6.36. The lowest BCUT2D eigenvalue weighted by Crippen LogP contribution is -2.22. The van der Waals surface area contributed by atoms with Crippen molar-refractivity contribution in [2.45, 2.75) is 6.54 Å². The van der Waals surface area contributed by atoms with Crippen LogP contribution in [0.25, 0.3) is 0 Å². The maximum absolute atomic E-state index is 11.9. The molecule has 0 atom stereocenters. The molecule has 20 heavy (non-hydrogen) atoms. The summed E-state index contributed by atoms with van der Waals surface area (Å²) in [5.41, 5.74) is 0.279. The minimum absolute atomic E-state index is 0.0606. The van der Waals surface area contributed by atoms with E-state index in [1.165, 1.54) is 24.3 Å².